The van der Waals surface area contributed by atoms with Gasteiger partial charge in [-0.05, 0) is 24.3 Å². The SMILES string of the molecule is CC(C)(C)c1nc(-c2ccccc2)cc2c1oc1c(-c3ccccn3)cccc12. The average Bonchev–Trinajstić information content (AvgIpc) is 3.12. The highest BCUT2D eigenvalue weighted by Gasteiger charge is 2.25. The van der Waals surface area contributed by atoms with E-state index in [1.165, 1.54) is 0 Å². The molecule has 29 heavy (non-hydrogen) atoms. The fourth-order valence-electron chi connectivity index (χ4n) is 3.79. The number of hydrogen-bond acceptors (Lipinski definition) is 3. The Balaban J connectivity index is 1.87. The number of pyridine rings is 2. The molecule has 5 rings (SSSR count). The number of para-hydroxylation sites is 1. The Morgan fingerprint density at radius 3 is 2.24 bits per heavy atom. The van der Waals surface area contributed by atoms with Gasteiger partial charge in [0, 0.05) is 33.5 Å². The highest BCUT2D eigenvalue weighted by molar-refractivity contribution is 6.10. The van der Waals surface area contributed by atoms with Gasteiger partial charge in [-0.3, -0.25) is 4.98 Å². The van der Waals surface area contributed by atoms with Crippen molar-refractivity contribution < 1.29 is 4.42 Å². The van der Waals surface area contributed by atoms with E-state index in [0.717, 1.165) is 50.1 Å². The number of nitrogens with zero attached hydrogens (tertiary/aromatic N) is 2. The molecule has 0 spiro atoms. The molecule has 0 aliphatic carbocycles. The lowest BCUT2D eigenvalue weighted by molar-refractivity contribution is 0.554. The Labute approximate surface area is 170 Å². The summed E-state index contributed by atoms with van der Waals surface area (Å²) in [6, 6.07) is 24.7. The molecule has 0 unspecified atom stereocenters. The Bertz CT molecular complexity index is 1310. The van der Waals surface area contributed by atoms with E-state index in [4.69, 9.17) is 9.40 Å². The topological polar surface area (TPSA) is 38.9 Å². The molecule has 0 saturated carbocycles. The van der Waals surface area contributed by atoms with Gasteiger partial charge in [-0.15, -0.1) is 0 Å². The van der Waals surface area contributed by atoms with Crippen molar-refractivity contribution in [2.75, 3.05) is 0 Å². The predicted octanol–water partition coefficient (Wildman–Crippen LogP) is 7.01. The summed E-state index contributed by atoms with van der Waals surface area (Å²) >= 11 is 0. The molecule has 0 bridgehead atoms. The van der Waals surface area contributed by atoms with E-state index >= 15 is 0 Å². The standard InChI is InChI=1S/C26H22N2O/c1-26(2,3)25-24-20(16-22(28-25)17-10-5-4-6-11-17)18-12-9-13-19(23(18)29-24)21-14-7-8-15-27-21/h4-16H,1-3H3. The molecule has 3 aromatic heterocycles. The second kappa shape index (κ2) is 6.56. The maximum atomic E-state index is 6.48. The maximum Gasteiger partial charge on any atom is 0.157 e. The van der Waals surface area contributed by atoms with E-state index in [2.05, 4.69) is 62.2 Å². The number of hydrogen-bond donors (Lipinski definition) is 0. The molecule has 0 saturated heterocycles. The van der Waals surface area contributed by atoms with Crippen molar-refractivity contribution >= 4 is 21.9 Å². The van der Waals surface area contributed by atoms with Crippen LogP contribution in [0.25, 0.3) is 44.5 Å². The minimum absolute atomic E-state index is 0.151. The Hall–Kier alpha value is -3.46. The second-order valence-corrected chi connectivity index (χ2v) is 8.35. The highest BCUT2D eigenvalue weighted by Crippen LogP contribution is 2.40. The quantitative estimate of drug-likeness (QED) is 0.332. The summed E-state index contributed by atoms with van der Waals surface area (Å²) in [5.41, 5.74) is 6.52. The van der Waals surface area contributed by atoms with Crippen molar-refractivity contribution in [2.45, 2.75) is 26.2 Å². The van der Waals surface area contributed by atoms with Crippen LogP contribution in [0.3, 0.4) is 0 Å². The van der Waals surface area contributed by atoms with Crippen molar-refractivity contribution in [3.63, 3.8) is 0 Å². The minimum Gasteiger partial charge on any atom is -0.453 e. The van der Waals surface area contributed by atoms with Crippen LogP contribution in [0.1, 0.15) is 26.5 Å². The minimum atomic E-state index is -0.151. The summed E-state index contributed by atoms with van der Waals surface area (Å²) in [6.07, 6.45) is 1.81. The summed E-state index contributed by atoms with van der Waals surface area (Å²) in [4.78, 5) is 9.56. The molecule has 2 aromatic carbocycles. The zero-order valence-electron chi connectivity index (χ0n) is 16.8. The lowest BCUT2D eigenvalue weighted by atomic mass is 9.89. The fraction of sp³-hybridized carbons (Fsp3) is 0.154. The van der Waals surface area contributed by atoms with Crippen LogP contribution in [0.15, 0.2) is 83.4 Å². The number of furan rings is 1. The van der Waals surface area contributed by atoms with Gasteiger partial charge in [0.25, 0.3) is 0 Å². The molecule has 0 aliphatic rings. The van der Waals surface area contributed by atoms with Gasteiger partial charge >= 0.3 is 0 Å². The van der Waals surface area contributed by atoms with Gasteiger partial charge in [0.1, 0.15) is 5.58 Å². The second-order valence-electron chi connectivity index (χ2n) is 8.35. The molecule has 0 amide bonds. The van der Waals surface area contributed by atoms with E-state index in [1.54, 1.807) is 0 Å². The monoisotopic (exact) mass is 378 g/mol. The van der Waals surface area contributed by atoms with Gasteiger partial charge in [-0.1, -0.05) is 69.3 Å². The zero-order chi connectivity index (χ0) is 20.0. The highest BCUT2D eigenvalue weighted by atomic mass is 16.3. The predicted molar refractivity (Wildman–Crippen MR) is 119 cm³/mol. The molecule has 0 atom stereocenters. The van der Waals surface area contributed by atoms with E-state index in [0.29, 0.717) is 0 Å². The summed E-state index contributed by atoms with van der Waals surface area (Å²) in [5.74, 6) is 0. The summed E-state index contributed by atoms with van der Waals surface area (Å²) in [5, 5.41) is 2.18. The Morgan fingerprint density at radius 1 is 0.724 bits per heavy atom. The third kappa shape index (κ3) is 2.99. The third-order valence-corrected chi connectivity index (χ3v) is 5.20. The smallest absolute Gasteiger partial charge is 0.157 e. The normalized spacial score (nSPS) is 12.0. The fourth-order valence-corrected chi connectivity index (χ4v) is 3.79. The lowest BCUT2D eigenvalue weighted by Gasteiger charge is -2.19. The van der Waals surface area contributed by atoms with E-state index in [-0.39, 0.29) is 5.41 Å². The molecule has 5 aromatic rings. The number of rotatable bonds is 2. The molecule has 0 fully saturated rings. The van der Waals surface area contributed by atoms with Crippen molar-refractivity contribution in [1.82, 2.24) is 9.97 Å². The number of benzene rings is 2. The van der Waals surface area contributed by atoms with Gasteiger partial charge in [-0.2, -0.15) is 0 Å². The van der Waals surface area contributed by atoms with Crippen LogP contribution in [-0.2, 0) is 5.41 Å². The summed E-state index contributed by atoms with van der Waals surface area (Å²) < 4.78 is 6.48. The molecule has 142 valence electrons. The van der Waals surface area contributed by atoms with Gasteiger partial charge in [0.2, 0.25) is 0 Å². The largest absolute Gasteiger partial charge is 0.453 e. The Morgan fingerprint density at radius 2 is 1.52 bits per heavy atom. The first-order chi connectivity index (χ1) is 14.0. The maximum absolute atomic E-state index is 6.48. The number of fused-ring (bicyclic) bond motifs is 3. The zero-order valence-corrected chi connectivity index (χ0v) is 16.8. The van der Waals surface area contributed by atoms with E-state index < -0.39 is 0 Å². The molecular weight excluding hydrogens is 356 g/mol. The molecule has 3 nitrogen and oxygen atoms in total. The van der Waals surface area contributed by atoms with Crippen molar-refractivity contribution in [3.05, 3.63) is 84.7 Å². The number of aromatic nitrogens is 2. The molecular formula is C26H22N2O. The summed E-state index contributed by atoms with van der Waals surface area (Å²) in [6.45, 7) is 6.53. The summed E-state index contributed by atoms with van der Waals surface area (Å²) in [7, 11) is 0. The Kier molecular flexibility index (Phi) is 3.99. The molecule has 0 aliphatic heterocycles. The average molecular weight is 378 g/mol. The van der Waals surface area contributed by atoms with Gasteiger partial charge < -0.3 is 4.42 Å². The van der Waals surface area contributed by atoms with E-state index in [1.807, 2.05) is 42.6 Å². The van der Waals surface area contributed by atoms with Crippen LogP contribution in [0.4, 0.5) is 0 Å². The molecule has 3 heterocycles. The first kappa shape index (κ1) is 17.6. The first-order valence-electron chi connectivity index (χ1n) is 9.86. The van der Waals surface area contributed by atoms with Crippen molar-refractivity contribution in [3.8, 4) is 22.5 Å². The lowest BCUT2D eigenvalue weighted by Crippen LogP contribution is -2.14. The molecule has 0 radical (unpaired) electrons. The van der Waals surface area contributed by atoms with Crippen molar-refractivity contribution in [2.24, 2.45) is 0 Å². The van der Waals surface area contributed by atoms with Gasteiger partial charge in [0.05, 0.1) is 17.1 Å². The van der Waals surface area contributed by atoms with Crippen LogP contribution in [0.5, 0.6) is 0 Å². The molecule has 0 N–H and O–H groups in total. The van der Waals surface area contributed by atoms with E-state index in [9.17, 15) is 0 Å². The third-order valence-electron chi connectivity index (χ3n) is 5.20. The van der Waals surface area contributed by atoms with Crippen LogP contribution < -0.4 is 0 Å². The van der Waals surface area contributed by atoms with Crippen LogP contribution in [0.2, 0.25) is 0 Å². The molecule has 3 heteroatoms. The first-order valence-corrected chi connectivity index (χ1v) is 9.86. The van der Waals surface area contributed by atoms with Crippen LogP contribution in [-0.4, -0.2) is 9.97 Å². The van der Waals surface area contributed by atoms with Crippen molar-refractivity contribution in [1.29, 1.82) is 0 Å². The van der Waals surface area contributed by atoms with Crippen LogP contribution in [0, 0.1) is 0 Å². The van der Waals surface area contributed by atoms with Crippen LogP contribution >= 0.6 is 0 Å². The van der Waals surface area contributed by atoms with Gasteiger partial charge in [-0.25, -0.2) is 4.98 Å². The van der Waals surface area contributed by atoms with Gasteiger partial charge in [0.15, 0.2) is 5.58 Å².